The normalized spacial score (nSPS) is 11.5. The van der Waals surface area contributed by atoms with Gasteiger partial charge >= 0.3 is 12.2 Å². The molecule has 0 aliphatic heterocycles. The maximum atomic E-state index is 12.4. The number of anilines is 1. The fourth-order valence-corrected chi connectivity index (χ4v) is 1.93. The molecule has 0 aliphatic rings. The minimum absolute atomic E-state index is 0.256. The lowest BCUT2D eigenvalue weighted by Gasteiger charge is -2.08. The van der Waals surface area contributed by atoms with E-state index in [1.165, 1.54) is 18.3 Å². The molecular weight excluding hydrogens is 329 g/mol. The Morgan fingerprint density at radius 1 is 1.09 bits per heavy atom. The molecule has 0 saturated carbocycles. The van der Waals surface area contributed by atoms with E-state index in [0.29, 0.717) is 5.02 Å². The summed E-state index contributed by atoms with van der Waals surface area (Å²) in [5.74, 6) is 0. The number of carbonyl (C=O) groups is 1. The molecular formula is C16H12ClF3N2O. The van der Waals surface area contributed by atoms with Crippen LogP contribution in [0.25, 0.3) is 6.08 Å². The zero-order chi connectivity index (χ0) is 16.9. The largest absolute Gasteiger partial charge is 0.416 e. The predicted octanol–water partition coefficient (Wildman–Crippen LogP) is 5.15. The van der Waals surface area contributed by atoms with Crippen LogP contribution in [0.3, 0.4) is 0 Å². The standard InChI is InChI=1S/C16H12ClF3N2O/c17-13-3-1-2-11(10-13)8-9-21-15(23)22-14-6-4-12(5-7-14)16(18,19)20/h1-10H,(H2,21,22,23)/b9-8+. The molecule has 0 saturated heterocycles. The molecule has 0 aliphatic carbocycles. The van der Waals surface area contributed by atoms with Crippen LogP contribution in [0, 0.1) is 0 Å². The quantitative estimate of drug-likeness (QED) is 0.797. The Bertz CT molecular complexity index is 712. The van der Waals surface area contributed by atoms with Gasteiger partial charge in [0.1, 0.15) is 0 Å². The first-order chi connectivity index (χ1) is 10.8. The number of alkyl halides is 3. The van der Waals surface area contributed by atoms with Gasteiger partial charge in [-0.05, 0) is 48.0 Å². The summed E-state index contributed by atoms with van der Waals surface area (Å²) < 4.78 is 37.3. The molecule has 2 amide bonds. The topological polar surface area (TPSA) is 41.1 Å². The van der Waals surface area contributed by atoms with Gasteiger partial charge in [-0.25, -0.2) is 4.79 Å². The average molecular weight is 341 g/mol. The maximum absolute atomic E-state index is 12.4. The lowest BCUT2D eigenvalue weighted by molar-refractivity contribution is -0.137. The second-order valence-corrected chi connectivity index (χ2v) is 5.00. The van der Waals surface area contributed by atoms with E-state index in [2.05, 4.69) is 10.6 Å². The highest BCUT2D eigenvalue weighted by atomic mass is 35.5. The summed E-state index contributed by atoms with van der Waals surface area (Å²) in [4.78, 5) is 11.6. The molecule has 2 aromatic rings. The van der Waals surface area contributed by atoms with Gasteiger partial charge in [-0.15, -0.1) is 0 Å². The summed E-state index contributed by atoms with van der Waals surface area (Å²) in [6, 6.07) is 10.6. The molecule has 2 aromatic carbocycles. The van der Waals surface area contributed by atoms with Crippen molar-refractivity contribution >= 4 is 29.4 Å². The Hall–Kier alpha value is -2.47. The minimum atomic E-state index is -4.40. The molecule has 0 radical (unpaired) electrons. The summed E-state index contributed by atoms with van der Waals surface area (Å²) >= 11 is 5.82. The van der Waals surface area contributed by atoms with Crippen molar-refractivity contribution in [2.45, 2.75) is 6.18 Å². The van der Waals surface area contributed by atoms with E-state index in [4.69, 9.17) is 11.6 Å². The molecule has 2 N–H and O–H groups in total. The van der Waals surface area contributed by atoms with Crippen molar-refractivity contribution in [3.63, 3.8) is 0 Å². The molecule has 0 fully saturated rings. The Balaban J connectivity index is 1.90. The van der Waals surface area contributed by atoms with Gasteiger partial charge in [-0.2, -0.15) is 13.2 Å². The van der Waals surface area contributed by atoms with Gasteiger partial charge < -0.3 is 10.6 Å². The van der Waals surface area contributed by atoms with Gasteiger partial charge in [0.2, 0.25) is 0 Å². The third-order valence-corrected chi connectivity index (χ3v) is 3.04. The molecule has 3 nitrogen and oxygen atoms in total. The third kappa shape index (κ3) is 5.34. The lowest BCUT2D eigenvalue weighted by Crippen LogP contribution is -2.23. The van der Waals surface area contributed by atoms with Crippen LogP contribution in [0.1, 0.15) is 11.1 Å². The molecule has 0 unspecified atom stereocenters. The van der Waals surface area contributed by atoms with Crippen molar-refractivity contribution in [3.05, 3.63) is 70.9 Å². The monoisotopic (exact) mass is 340 g/mol. The molecule has 0 spiro atoms. The van der Waals surface area contributed by atoms with Gasteiger partial charge in [-0.3, -0.25) is 0 Å². The summed E-state index contributed by atoms with van der Waals surface area (Å²) in [6.07, 6.45) is -1.36. The van der Waals surface area contributed by atoms with E-state index in [1.807, 2.05) is 0 Å². The highest BCUT2D eigenvalue weighted by Gasteiger charge is 2.29. The maximum Gasteiger partial charge on any atom is 0.416 e. The summed E-state index contributed by atoms with van der Waals surface area (Å²) in [6.45, 7) is 0. The van der Waals surface area contributed by atoms with E-state index in [0.717, 1.165) is 17.7 Å². The lowest BCUT2D eigenvalue weighted by atomic mass is 10.2. The zero-order valence-electron chi connectivity index (χ0n) is 11.7. The van der Waals surface area contributed by atoms with Crippen LogP contribution in [-0.4, -0.2) is 6.03 Å². The number of carbonyl (C=O) groups excluding carboxylic acids is 1. The van der Waals surface area contributed by atoms with Crippen molar-refractivity contribution in [1.29, 1.82) is 0 Å². The minimum Gasteiger partial charge on any atom is -0.314 e. The van der Waals surface area contributed by atoms with Gasteiger partial charge in [0.25, 0.3) is 0 Å². The van der Waals surface area contributed by atoms with Crippen molar-refractivity contribution in [2.24, 2.45) is 0 Å². The molecule has 0 aromatic heterocycles. The fourth-order valence-electron chi connectivity index (χ4n) is 1.73. The van der Waals surface area contributed by atoms with Crippen LogP contribution in [-0.2, 0) is 6.18 Å². The number of amides is 2. The molecule has 2 rings (SSSR count). The number of rotatable bonds is 3. The number of hydrogen-bond donors (Lipinski definition) is 2. The molecule has 7 heteroatoms. The van der Waals surface area contributed by atoms with Crippen LogP contribution in [0.4, 0.5) is 23.7 Å². The second-order valence-electron chi connectivity index (χ2n) is 4.56. The van der Waals surface area contributed by atoms with Gasteiger partial charge in [0.05, 0.1) is 5.56 Å². The fraction of sp³-hybridized carbons (Fsp3) is 0.0625. The van der Waals surface area contributed by atoms with Crippen LogP contribution < -0.4 is 10.6 Å². The smallest absolute Gasteiger partial charge is 0.314 e. The number of nitrogens with one attached hydrogen (secondary N) is 2. The zero-order valence-corrected chi connectivity index (χ0v) is 12.4. The number of benzene rings is 2. The van der Waals surface area contributed by atoms with Gasteiger partial charge in [0, 0.05) is 16.9 Å². The molecule has 0 bridgehead atoms. The predicted molar refractivity (Wildman–Crippen MR) is 84.1 cm³/mol. The Morgan fingerprint density at radius 3 is 2.39 bits per heavy atom. The van der Waals surface area contributed by atoms with E-state index in [9.17, 15) is 18.0 Å². The van der Waals surface area contributed by atoms with Crippen molar-refractivity contribution < 1.29 is 18.0 Å². The summed E-state index contributed by atoms with van der Waals surface area (Å²) in [7, 11) is 0. The summed E-state index contributed by atoms with van der Waals surface area (Å²) in [5.41, 5.74) is 0.281. The Labute approximate surface area is 135 Å². The van der Waals surface area contributed by atoms with Crippen LogP contribution >= 0.6 is 11.6 Å². The number of urea groups is 1. The van der Waals surface area contributed by atoms with Crippen molar-refractivity contribution in [1.82, 2.24) is 5.32 Å². The summed E-state index contributed by atoms with van der Waals surface area (Å²) in [5, 5.41) is 5.44. The van der Waals surface area contributed by atoms with E-state index < -0.39 is 17.8 Å². The Kier molecular flexibility index (Phi) is 5.28. The van der Waals surface area contributed by atoms with Crippen molar-refractivity contribution in [3.8, 4) is 0 Å². The SMILES string of the molecule is O=C(N/C=C/c1cccc(Cl)c1)Nc1ccc(C(F)(F)F)cc1. The molecule has 0 heterocycles. The first-order valence-electron chi connectivity index (χ1n) is 6.51. The number of hydrogen-bond acceptors (Lipinski definition) is 1. The van der Waals surface area contributed by atoms with Crippen LogP contribution in [0.15, 0.2) is 54.7 Å². The highest BCUT2D eigenvalue weighted by molar-refractivity contribution is 6.30. The van der Waals surface area contributed by atoms with Crippen molar-refractivity contribution in [2.75, 3.05) is 5.32 Å². The molecule has 120 valence electrons. The van der Waals surface area contributed by atoms with Gasteiger partial charge in [-0.1, -0.05) is 23.7 Å². The number of halogens is 4. The van der Waals surface area contributed by atoms with Crippen LogP contribution in [0.2, 0.25) is 5.02 Å². The van der Waals surface area contributed by atoms with E-state index in [-0.39, 0.29) is 5.69 Å². The van der Waals surface area contributed by atoms with E-state index >= 15 is 0 Å². The molecule has 0 atom stereocenters. The average Bonchev–Trinajstić information content (AvgIpc) is 2.47. The third-order valence-electron chi connectivity index (χ3n) is 2.81. The first-order valence-corrected chi connectivity index (χ1v) is 6.89. The first kappa shape index (κ1) is 16.9. The van der Waals surface area contributed by atoms with E-state index in [1.54, 1.807) is 30.3 Å². The Morgan fingerprint density at radius 2 is 1.78 bits per heavy atom. The second kappa shape index (κ2) is 7.19. The van der Waals surface area contributed by atoms with Gasteiger partial charge in [0.15, 0.2) is 0 Å². The molecule has 23 heavy (non-hydrogen) atoms. The highest BCUT2D eigenvalue weighted by Crippen LogP contribution is 2.29. The van der Waals surface area contributed by atoms with Crippen LogP contribution in [0.5, 0.6) is 0 Å².